The number of amides is 1. The third kappa shape index (κ3) is 5.98. The van der Waals surface area contributed by atoms with Crippen LogP contribution < -0.4 is 10.2 Å². The van der Waals surface area contributed by atoms with E-state index in [2.05, 4.69) is 5.32 Å². The van der Waals surface area contributed by atoms with Crippen LogP contribution in [0.5, 0.6) is 0 Å². The van der Waals surface area contributed by atoms with Crippen molar-refractivity contribution >= 4 is 27.3 Å². The highest BCUT2D eigenvalue weighted by Gasteiger charge is 2.30. The summed E-state index contributed by atoms with van der Waals surface area (Å²) in [5.74, 6) is -0.472. The van der Waals surface area contributed by atoms with Gasteiger partial charge in [-0.15, -0.1) is 0 Å². The highest BCUT2D eigenvalue weighted by Crippen LogP contribution is 2.30. The van der Waals surface area contributed by atoms with Crippen LogP contribution in [0.25, 0.3) is 0 Å². The average Bonchev–Trinajstić information content (AvgIpc) is 2.68. The van der Waals surface area contributed by atoms with Gasteiger partial charge in [-0.1, -0.05) is 26.0 Å². The number of hydrogen-bond donors (Lipinski definition) is 1. The van der Waals surface area contributed by atoms with E-state index in [0.717, 1.165) is 12.1 Å². The van der Waals surface area contributed by atoms with Crippen molar-refractivity contribution in [1.82, 2.24) is 4.31 Å². The van der Waals surface area contributed by atoms with Gasteiger partial charge in [-0.3, -0.25) is 4.79 Å². The van der Waals surface area contributed by atoms with Crippen LogP contribution in [-0.4, -0.2) is 45.8 Å². The van der Waals surface area contributed by atoms with Crippen molar-refractivity contribution in [2.75, 3.05) is 37.4 Å². The first kappa shape index (κ1) is 24.7. The van der Waals surface area contributed by atoms with Crippen LogP contribution in [0, 0.1) is 0 Å². The lowest BCUT2D eigenvalue weighted by Gasteiger charge is -2.22. The summed E-state index contributed by atoms with van der Waals surface area (Å²) in [6, 6.07) is 8.82. The second kappa shape index (κ2) is 9.69. The normalized spacial score (nSPS) is 12.1. The van der Waals surface area contributed by atoms with Crippen LogP contribution in [0.2, 0.25) is 0 Å². The number of rotatable bonds is 8. The van der Waals surface area contributed by atoms with E-state index in [1.807, 2.05) is 0 Å². The molecule has 31 heavy (non-hydrogen) atoms. The van der Waals surface area contributed by atoms with Crippen LogP contribution in [0.1, 0.15) is 25.0 Å². The number of nitrogens with one attached hydrogen (secondary N) is 1. The summed E-state index contributed by atoms with van der Waals surface area (Å²) in [4.78, 5) is 14.3. The van der Waals surface area contributed by atoms with Crippen molar-refractivity contribution in [2.24, 2.45) is 0 Å². The van der Waals surface area contributed by atoms with Crippen molar-refractivity contribution in [2.45, 2.75) is 31.3 Å². The van der Waals surface area contributed by atoms with E-state index in [-0.39, 0.29) is 11.3 Å². The van der Waals surface area contributed by atoms with Gasteiger partial charge in [0.15, 0.2) is 0 Å². The maximum atomic E-state index is 12.8. The molecule has 170 valence electrons. The molecule has 0 aliphatic heterocycles. The zero-order valence-electron chi connectivity index (χ0n) is 17.8. The first-order chi connectivity index (χ1) is 14.4. The molecule has 0 aliphatic carbocycles. The van der Waals surface area contributed by atoms with Crippen LogP contribution in [0.3, 0.4) is 0 Å². The van der Waals surface area contributed by atoms with Gasteiger partial charge in [0.25, 0.3) is 0 Å². The fraction of sp³-hybridized carbons (Fsp3) is 0.381. The fourth-order valence-corrected chi connectivity index (χ4v) is 4.55. The Morgan fingerprint density at radius 1 is 1.00 bits per heavy atom. The Morgan fingerprint density at radius 3 is 2.06 bits per heavy atom. The number of benzene rings is 2. The molecule has 10 heteroatoms. The van der Waals surface area contributed by atoms with Gasteiger partial charge in [0.2, 0.25) is 15.9 Å². The first-order valence-electron chi connectivity index (χ1n) is 9.67. The summed E-state index contributed by atoms with van der Waals surface area (Å²) < 4.78 is 65.0. The maximum absolute atomic E-state index is 12.8. The van der Waals surface area contributed by atoms with E-state index in [1.54, 1.807) is 38.9 Å². The summed E-state index contributed by atoms with van der Waals surface area (Å²) in [6.45, 7) is 4.09. The lowest BCUT2D eigenvalue weighted by Crippen LogP contribution is -2.30. The Balaban J connectivity index is 2.29. The Morgan fingerprint density at radius 2 is 1.58 bits per heavy atom. The molecule has 0 heterocycles. The molecule has 0 bridgehead atoms. The molecule has 2 rings (SSSR count). The topological polar surface area (TPSA) is 69.7 Å². The number of carbonyl (C=O) groups is 1. The Hall–Kier alpha value is -2.59. The fourth-order valence-electron chi connectivity index (χ4n) is 3.07. The minimum Gasteiger partial charge on any atom is -0.376 e. The molecule has 0 saturated heterocycles. The monoisotopic (exact) mass is 457 g/mol. The van der Waals surface area contributed by atoms with E-state index >= 15 is 0 Å². The molecule has 2 aromatic carbocycles. The summed E-state index contributed by atoms with van der Waals surface area (Å²) in [5.41, 5.74) is 0.513. The van der Waals surface area contributed by atoms with Crippen LogP contribution in [0.4, 0.5) is 24.5 Å². The Labute approximate surface area is 180 Å². The summed E-state index contributed by atoms with van der Waals surface area (Å²) >= 11 is 0. The molecular weight excluding hydrogens is 431 g/mol. The van der Waals surface area contributed by atoms with Crippen molar-refractivity contribution in [1.29, 1.82) is 0 Å². The molecule has 0 aromatic heterocycles. The minimum atomic E-state index is -4.45. The first-order valence-corrected chi connectivity index (χ1v) is 11.1. The number of hydrogen-bond acceptors (Lipinski definition) is 4. The van der Waals surface area contributed by atoms with Gasteiger partial charge >= 0.3 is 6.18 Å². The van der Waals surface area contributed by atoms with Gasteiger partial charge in [0.1, 0.15) is 0 Å². The zero-order valence-corrected chi connectivity index (χ0v) is 18.6. The summed E-state index contributed by atoms with van der Waals surface area (Å²) in [6.07, 6.45) is -4.60. The number of alkyl halides is 3. The lowest BCUT2D eigenvalue weighted by atomic mass is 10.1. The molecule has 1 N–H and O–H groups in total. The molecule has 6 nitrogen and oxygen atoms in total. The van der Waals surface area contributed by atoms with Crippen molar-refractivity contribution in [3.63, 3.8) is 0 Å². The van der Waals surface area contributed by atoms with Crippen LogP contribution >= 0.6 is 0 Å². The van der Waals surface area contributed by atoms with Gasteiger partial charge in [0, 0.05) is 27.2 Å². The third-order valence-corrected chi connectivity index (χ3v) is 6.76. The third-order valence-electron chi connectivity index (χ3n) is 4.71. The standard InChI is InChI=1S/C21H26F3N3O3S/c1-5-27(6-2)31(29,30)17-11-12-19(26(3)4)18(14-17)25-20(28)13-15-7-9-16(10-8-15)21(22,23)24/h7-12,14H,5-6,13H2,1-4H3,(H,25,28). The van der Waals surface area contributed by atoms with Crippen molar-refractivity contribution in [3.05, 3.63) is 53.6 Å². The lowest BCUT2D eigenvalue weighted by molar-refractivity contribution is -0.137. The predicted molar refractivity (Wildman–Crippen MR) is 115 cm³/mol. The SMILES string of the molecule is CCN(CC)S(=O)(=O)c1ccc(N(C)C)c(NC(=O)Cc2ccc(C(F)(F)F)cc2)c1. The Kier molecular flexibility index (Phi) is 7.72. The smallest absolute Gasteiger partial charge is 0.376 e. The molecule has 0 saturated carbocycles. The van der Waals surface area contributed by atoms with E-state index < -0.39 is 27.7 Å². The summed E-state index contributed by atoms with van der Waals surface area (Å²) in [7, 11) is -0.224. The number of sulfonamides is 1. The molecule has 1 amide bonds. The highest BCUT2D eigenvalue weighted by molar-refractivity contribution is 7.89. The molecule has 0 unspecified atom stereocenters. The van der Waals surface area contributed by atoms with Crippen LogP contribution in [0.15, 0.2) is 47.4 Å². The predicted octanol–water partition coefficient (Wildman–Crippen LogP) is 3.98. The molecular formula is C21H26F3N3O3S. The van der Waals surface area contributed by atoms with E-state index in [9.17, 15) is 26.4 Å². The number of halogens is 3. The number of carbonyl (C=O) groups excluding carboxylic acids is 1. The molecule has 0 spiro atoms. The average molecular weight is 458 g/mol. The molecule has 0 atom stereocenters. The van der Waals surface area contributed by atoms with E-state index in [0.29, 0.717) is 30.0 Å². The summed E-state index contributed by atoms with van der Waals surface area (Å²) in [5, 5.41) is 2.69. The van der Waals surface area contributed by atoms with Gasteiger partial charge in [-0.25, -0.2) is 8.42 Å². The molecule has 0 radical (unpaired) electrons. The van der Waals surface area contributed by atoms with Gasteiger partial charge in [0.05, 0.1) is 28.3 Å². The van der Waals surface area contributed by atoms with Crippen LogP contribution in [-0.2, 0) is 27.4 Å². The van der Waals surface area contributed by atoms with Crippen molar-refractivity contribution < 1.29 is 26.4 Å². The minimum absolute atomic E-state index is 0.0478. The van der Waals surface area contributed by atoms with Gasteiger partial charge in [-0.05, 0) is 35.9 Å². The molecule has 2 aromatic rings. The Bertz CT molecular complexity index is 1020. The van der Waals surface area contributed by atoms with E-state index in [1.165, 1.54) is 28.6 Å². The second-order valence-electron chi connectivity index (χ2n) is 7.08. The number of nitrogens with zero attached hydrogens (tertiary/aromatic N) is 2. The second-order valence-corrected chi connectivity index (χ2v) is 9.02. The van der Waals surface area contributed by atoms with Crippen molar-refractivity contribution in [3.8, 4) is 0 Å². The largest absolute Gasteiger partial charge is 0.416 e. The maximum Gasteiger partial charge on any atom is 0.416 e. The molecule has 0 fully saturated rings. The highest BCUT2D eigenvalue weighted by atomic mass is 32.2. The van der Waals surface area contributed by atoms with Gasteiger partial charge in [-0.2, -0.15) is 17.5 Å². The van der Waals surface area contributed by atoms with E-state index in [4.69, 9.17) is 0 Å². The zero-order chi connectivity index (χ0) is 23.4. The number of anilines is 2. The molecule has 0 aliphatic rings. The quantitative estimate of drug-likeness (QED) is 0.651. The van der Waals surface area contributed by atoms with Gasteiger partial charge < -0.3 is 10.2 Å².